The predicted molar refractivity (Wildman–Crippen MR) is 85.8 cm³/mol. The highest BCUT2D eigenvalue weighted by Gasteiger charge is 2.12. The average molecular weight is 293 g/mol. The van der Waals surface area contributed by atoms with Crippen molar-refractivity contribution < 1.29 is 4.42 Å². The third kappa shape index (κ3) is 1.96. The van der Waals surface area contributed by atoms with Crippen molar-refractivity contribution in [1.82, 2.24) is 4.98 Å². The molecule has 0 bridgehead atoms. The van der Waals surface area contributed by atoms with E-state index in [9.17, 15) is 4.79 Å². The maximum atomic E-state index is 12.2. The number of hydrogen-bond donors (Lipinski definition) is 0. The predicted octanol–water partition coefficient (Wildman–Crippen LogP) is 4.38. The van der Waals surface area contributed by atoms with Gasteiger partial charge in [0.05, 0.1) is 5.56 Å². The summed E-state index contributed by atoms with van der Waals surface area (Å²) in [5, 5.41) is 5.78. The number of aromatic nitrogens is 1. The van der Waals surface area contributed by atoms with Gasteiger partial charge in [0.1, 0.15) is 10.6 Å². The highest BCUT2D eigenvalue weighted by atomic mass is 32.1. The molecule has 0 atom stereocenters. The zero-order valence-corrected chi connectivity index (χ0v) is 12.1. The van der Waals surface area contributed by atoms with E-state index in [0.29, 0.717) is 16.2 Å². The normalized spacial score (nSPS) is 11.3. The third-order valence-corrected chi connectivity index (χ3v) is 4.48. The quantitative estimate of drug-likeness (QED) is 0.386. The van der Waals surface area contributed by atoms with Gasteiger partial charge in [0.2, 0.25) is 0 Å². The highest BCUT2D eigenvalue weighted by Crippen LogP contribution is 2.28. The highest BCUT2D eigenvalue weighted by molar-refractivity contribution is 7.13. The fourth-order valence-electron chi connectivity index (χ4n) is 2.50. The molecule has 0 aliphatic heterocycles. The van der Waals surface area contributed by atoms with Gasteiger partial charge in [0.15, 0.2) is 0 Å². The molecule has 0 saturated heterocycles. The summed E-state index contributed by atoms with van der Waals surface area (Å²) in [5.74, 6) is 0. The molecule has 0 N–H and O–H groups in total. The lowest BCUT2D eigenvalue weighted by Gasteiger charge is -2.04. The first-order valence-corrected chi connectivity index (χ1v) is 7.48. The van der Waals surface area contributed by atoms with E-state index in [-0.39, 0.29) is 5.63 Å². The second-order valence-corrected chi connectivity index (χ2v) is 5.80. The van der Waals surface area contributed by atoms with E-state index in [0.717, 1.165) is 21.9 Å². The molecule has 21 heavy (non-hydrogen) atoms. The first-order valence-electron chi connectivity index (χ1n) is 6.60. The zero-order chi connectivity index (χ0) is 14.4. The summed E-state index contributed by atoms with van der Waals surface area (Å²) in [6.07, 6.45) is 0. The van der Waals surface area contributed by atoms with E-state index >= 15 is 0 Å². The maximum absolute atomic E-state index is 12.2. The molecule has 2 aromatic heterocycles. The lowest BCUT2D eigenvalue weighted by molar-refractivity contribution is 0.564. The van der Waals surface area contributed by atoms with Crippen molar-refractivity contribution in [2.75, 3.05) is 0 Å². The molecule has 0 fully saturated rings. The lowest BCUT2D eigenvalue weighted by Crippen LogP contribution is -2.02. The lowest BCUT2D eigenvalue weighted by atomic mass is 10.0. The van der Waals surface area contributed by atoms with Gasteiger partial charge < -0.3 is 4.42 Å². The van der Waals surface area contributed by atoms with Crippen LogP contribution in [0.15, 0.2) is 57.1 Å². The van der Waals surface area contributed by atoms with E-state index < -0.39 is 0 Å². The van der Waals surface area contributed by atoms with Gasteiger partial charge in [0, 0.05) is 16.5 Å². The third-order valence-electron chi connectivity index (χ3n) is 3.49. The molecule has 0 amide bonds. The molecule has 0 radical (unpaired) electrons. The fraction of sp³-hybridized carbons (Fsp3) is 0.0588. The van der Waals surface area contributed by atoms with Crippen LogP contribution in [0.25, 0.3) is 32.3 Å². The van der Waals surface area contributed by atoms with Crippen LogP contribution in [-0.4, -0.2) is 4.98 Å². The van der Waals surface area contributed by atoms with Crippen LogP contribution in [0.4, 0.5) is 0 Å². The SMILES string of the molecule is Cc1csc(-c2cc3c(ccc4ccccc43)oc2=O)n1. The van der Waals surface area contributed by atoms with E-state index in [4.69, 9.17) is 4.42 Å². The van der Waals surface area contributed by atoms with Gasteiger partial charge in [-0.2, -0.15) is 0 Å². The Morgan fingerprint density at radius 1 is 1.10 bits per heavy atom. The average Bonchev–Trinajstić information content (AvgIpc) is 2.92. The van der Waals surface area contributed by atoms with Crippen molar-refractivity contribution in [3.63, 3.8) is 0 Å². The summed E-state index contributed by atoms with van der Waals surface area (Å²) in [6, 6.07) is 13.8. The Morgan fingerprint density at radius 2 is 1.95 bits per heavy atom. The number of nitrogens with zero attached hydrogens (tertiary/aromatic N) is 1. The molecule has 0 spiro atoms. The molecule has 3 nitrogen and oxygen atoms in total. The fourth-order valence-corrected chi connectivity index (χ4v) is 3.30. The van der Waals surface area contributed by atoms with Crippen LogP contribution in [0.5, 0.6) is 0 Å². The molecular formula is C17H11NO2S. The first-order chi connectivity index (χ1) is 10.2. The van der Waals surface area contributed by atoms with Crippen molar-refractivity contribution in [2.45, 2.75) is 6.92 Å². The van der Waals surface area contributed by atoms with Gasteiger partial charge in [-0.25, -0.2) is 9.78 Å². The van der Waals surface area contributed by atoms with E-state index in [1.807, 2.05) is 54.8 Å². The Morgan fingerprint density at radius 3 is 2.76 bits per heavy atom. The van der Waals surface area contributed by atoms with Gasteiger partial charge in [-0.3, -0.25) is 0 Å². The van der Waals surface area contributed by atoms with Gasteiger partial charge >= 0.3 is 5.63 Å². The summed E-state index contributed by atoms with van der Waals surface area (Å²) in [5.41, 5.74) is 1.70. The topological polar surface area (TPSA) is 43.1 Å². The second-order valence-electron chi connectivity index (χ2n) is 4.94. The maximum Gasteiger partial charge on any atom is 0.346 e. The van der Waals surface area contributed by atoms with Crippen molar-refractivity contribution in [1.29, 1.82) is 0 Å². The molecule has 4 aromatic rings. The molecule has 2 heterocycles. The Balaban J connectivity index is 2.11. The summed E-state index contributed by atoms with van der Waals surface area (Å²) in [6.45, 7) is 1.91. The number of aryl methyl sites for hydroxylation is 1. The minimum atomic E-state index is -0.341. The molecule has 0 unspecified atom stereocenters. The second kappa shape index (κ2) is 4.53. The standard InChI is InChI=1S/C17H11NO2S/c1-10-9-21-16(18-10)14-8-13-12-5-3-2-4-11(12)6-7-15(13)20-17(14)19/h2-9H,1H3. The van der Waals surface area contributed by atoms with Crippen LogP contribution in [0.2, 0.25) is 0 Å². The molecule has 0 aliphatic carbocycles. The number of benzene rings is 2. The molecule has 0 saturated carbocycles. The smallest absolute Gasteiger partial charge is 0.346 e. The van der Waals surface area contributed by atoms with Crippen LogP contribution in [-0.2, 0) is 0 Å². The van der Waals surface area contributed by atoms with Crippen molar-refractivity contribution in [2.24, 2.45) is 0 Å². The molecule has 4 rings (SSSR count). The summed E-state index contributed by atoms with van der Waals surface area (Å²) < 4.78 is 5.48. The van der Waals surface area contributed by atoms with Crippen LogP contribution in [0, 0.1) is 6.92 Å². The van der Waals surface area contributed by atoms with Crippen molar-refractivity contribution >= 4 is 33.1 Å². The first kappa shape index (κ1) is 12.3. The minimum Gasteiger partial charge on any atom is -0.422 e. The van der Waals surface area contributed by atoms with Crippen molar-refractivity contribution in [3.8, 4) is 10.6 Å². The Hall–Kier alpha value is -2.46. The van der Waals surface area contributed by atoms with E-state index in [1.165, 1.54) is 11.3 Å². The molecule has 102 valence electrons. The van der Waals surface area contributed by atoms with Crippen LogP contribution in [0.3, 0.4) is 0 Å². The summed E-state index contributed by atoms with van der Waals surface area (Å²) in [7, 11) is 0. The Bertz CT molecular complexity index is 1030. The summed E-state index contributed by atoms with van der Waals surface area (Å²) in [4.78, 5) is 16.6. The monoisotopic (exact) mass is 293 g/mol. The largest absolute Gasteiger partial charge is 0.422 e. The zero-order valence-electron chi connectivity index (χ0n) is 11.3. The Kier molecular flexibility index (Phi) is 2.65. The van der Waals surface area contributed by atoms with Gasteiger partial charge in [-0.05, 0) is 29.8 Å². The van der Waals surface area contributed by atoms with Crippen LogP contribution < -0.4 is 5.63 Å². The van der Waals surface area contributed by atoms with Crippen molar-refractivity contribution in [3.05, 3.63) is 64.0 Å². The molecule has 2 aromatic carbocycles. The van der Waals surface area contributed by atoms with Gasteiger partial charge in [-0.15, -0.1) is 11.3 Å². The van der Waals surface area contributed by atoms with E-state index in [2.05, 4.69) is 4.98 Å². The number of hydrogen-bond acceptors (Lipinski definition) is 4. The number of fused-ring (bicyclic) bond motifs is 3. The Labute approximate surface area is 124 Å². The number of thiazole rings is 1. The van der Waals surface area contributed by atoms with Gasteiger partial charge in [-0.1, -0.05) is 30.3 Å². The van der Waals surface area contributed by atoms with Crippen LogP contribution in [0.1, 0.15) is 5.69 Å². The van der Waals surface area contributed by atoms with Crippen LogP contribution >= 0.6 is 11.3 Å². The molecule has 0 aliphatic rings. The number of rotatable bonds is 1. The van der Waals surface area contributed by atoms with Gasteiger partial charge in [0.25, 0.3) is 0 Å². The minimum absolute atomic E-state index is 0.341. The summed E-state index contributed by atoms with van der Waals surface area (Å²) >= 11 is 1.46. The molecular weight excluding hydrogens is 282 g/mol. The van der Waals surface area contributed by atoms with E-state index in [1.54, 1.807) is 0 Å². The molecule has 4 heteroatoms.